The fourth-order valence-electron chi connectivity index (χ4n) is 1.90. The molecular formula is C13H19N3O. The third kappa shape index (κ3) is 3.46. The van der Waals surface area contributed by atoms with E-state index in [2.05, 4.69) is 23.4 Å². The molecule has 1 N–H and O–H groups in total. The Bertz CT molecular complexity index is 433. The molecule has 92 valence electrons. The Morgan fingerprint density at radius 3 is 3.00 bits per heavy atom. The van der Waals surface area contributed by atoms with Crippen LogP contribution in [-0.2, 0) is 19.9 Å². The quantitative estimate of drug-likeness (QED) is 0.827. The summed E-state index contributed by atoms with van der Waals surface area (Å²) in [4.78, 5) is 0. The van der Waals surface area contributed by atoms with Gasteiger partial charge in [-0.1, -0.05) is 0 Å². The summed E-state index contributed by atoms with van der Waals surface area (Å²) in [5.41, 5.74) is 1.25. The van der Waals surface area contributed by atoms with E-state index < -0.39 is 0 Å². The molecule has 0 bridgehead atoms. The molecule has 0 fully saturated rings. The molecule has 2 rings (SSSR count). The number of aryl methyl sites for hydroxylation is 1. The van der Waals surface area contributed by atoms with Gasteiger partial charge in [0.1, 0.15) is 5.76 Å². The van der Waals surface area contributed by atoms with Crippen molar-refractivity contribution in [3.05, 3.63) is 42.1 Å². The summed E-state index contributed by atoms with van der Waals surface area (Å²) < 4.78 is 7.24. The van der Waals surface area contributed by atoms with Crippen LogP contribution in [0.4, 0.5) is 0 Å². The molecule has 0 aromatic carbocycles. The van der Waals surface area contributed by atoms with Crippen molar-refractivity contribution >= 4 is 0 Å². The Labute approximate surface area is 102 Å². The summed E-state index contributed by atoms with van der Waals surface area (Å²) in [6.45, 7) is 3.13. The maximum absolute atomic E-state index is 5.32. The summed E-state index contributed by atoms with van der Waals surface area (Å²) in [5, 5.41) is 7.63. The van der Waals surface area contributed by atoms with E-state index in [1.807, 2.05) is 30.1 Å². The number of furan rings is 1. The van der Waals surface area contributed by atoms with Gasteiger partial charge >= 0.3 is 0 Å². The van der Waals surface area contributed by atoms with E-state index in [0.717, 1.165) is 25.1 Å². The first-order valence-electron chi connectivity index (χ1n) is 5.98. The predicted molar refractivity (Wildman–Crippen MR) is 66.8 cm³/mol. The largest absolute Gasteiger partial charge is 0.469 e. The highest BCUT2D eigenvalue weighted by Gasteiger charge is 2.05. The Hall–Kier alpha value is -1.55. The van der Waals surface area contributed by atoms with Crippen molar-refractivity contribution in [3.63, 3.8) is 0 Å². The number of rotatable bonds is 6. The minimum atomic E-state index is 0.425. The van der Waals surface area contributed by atoms with Crippen LogP contribution in [0.2, 0.25) is 0 Å². The standard InChI is InChI=1S/C13H19N3O/c1-11(10-13-4-3-9-17-13)14-7-5-12-6-8-15-16(12)2/h3-4,6,8-9,11,14H,5,7,10H2,1-2H3. The van der Waals surface area contributed by atoms with E-state index in [1.54, 1.807) is 6.26 Å². The Balaban J connectivity index is 1.70. The first kappa shape index (κ1) is 11.9. The van der Waals surface area contributed by atoms with E-state index in [1.165, 1.54) is 5.69 Å². The molecule has 0 saturated heterocycles. The predicted octanol–water partition coefficient (Wildman–Crippen LogP) is 1.78. The molecule has 2 aromatic heterocycles. The van der Waals surface area contributed by atoms with Crippen LogP contribution in [0.1, 0.15) is 18.4 Å². The second-order valence-corrected chi connectivity index (χ2v) is 4.33. The molecule has 1 unspecified atom stereocenters. The molecule has 0 amide bonds. The zero-order valence-corrected chi connectivity index (χ0v) is 10.4. The summed E-state index contributed by atoms with van der Waals surface area (Å²) in [7, 11) is 1.97. The lowest BCUT2D eigenvalue weighted by molar-refractivity contribution is 0.457. The SMILES string of the molecule is CC(Cc1ccco1)NCCc1ccnn1C. The lowest BCUT2D eigenvalue weighted by atomic mass is 10.2. The number of hydrogen-bond acceptors (Lipinski definition) is 3. The fourth-order valence-corrected chi connectivity index (χ4v) is 1.90. The second-order valence-electron chi connectivity index (χ2n) is 4.33. The molecule has 4 heteroatoms. The van der Waals surface area contributed by atoms with Crippen LogP contribution in [0.3, 0.4) is 0 Å². The number of nitrogens with one attached hydrogen (secondary N) is 1. The molecule has 0 saturated carbocycles. The number of hydrogen-bond donors (Lipinski definition) is 1. The molecule has 0 radical (unpaired) electrons. The topological polar surface area (TPSA) is 43.0 Å². The van der Waals surface area contributed by atoms with Crippen molar-refractivity contribution in [1.82, 2.24) is 15.1 Å². The van der Waals surface area contributed by atoms with Gasteiger partial charge in [0.2, 0.25) is 0 Å². The van der Waals surface area contributed by atoms with Crippen LogP contribution in [0.15, 0.2) is 35.1 Å². The highest BCUT2D eigenvalue weighted by Crippen LogP contribution is 2.04. The van der Waals surface area contributed by atoms with Crippen molar-refractivity contribution < 1.29 is 4.42 Å². The molecular weight excluding hydrogens is 214 g/mol. The van der Waals surface area contributed by atoms with E-state index in [0.29, 0.717) is 6.04 Å². The molecule has 1 atom stereocenters. The zero-order valence-electron chi connectivity index (χ0n) is 10.4. The van der Waals surface area contributed by atoms with E-state index >= 15 is 0 Å². The average Bonchev–Trinajstić information content (AvgIpc) is 2.91. The fraction of sp³-hybridized carbons (Fsp3) is 0.462. The van der Waals surface area contributed by atoms with E-state index in [9.17, 15) is 0 Å². The van der Waals surface area contributed by atoms with Crippen molar-refractivity contribution in [3.8, 4) is 0 Å². The Morgan fingerprint density at radius 2 is 2.35 bits per heavy atom. The molecule has 4 nitrogen and oxygen atoms in total. The van der Waals surface area contributed by atoms with E-state index in [4.69, 9.17) is 4.42 Å². The smallest absolute Gasteiger partial charge is 0.105 e. The second kappa shape index (κ2) is 5.68. The molecule has 0 aliphatic carbocycles. The van der Waals surface area contributed by atoms with Crippen LogP contribution in [-0.4, -0.2) is 22.4 Å². The highest BCUT2D eigenvalue weighted by atomic mass is 16.3. The van der Waals surface area contributed by atoms with Crippen molar-refractivity contribution in [1.29, 1.82) is 0 Å². The van der Waals surface area contributed by atoms with Gasteiger partial charge in [-0.2, -0.15) is 5.10 Å². The van der Waals surface area contributed by atoms with Crippen LogP contribution >= 0.6 is 0 Å². The van der Waals surface area contributed by atoms with Gasteiger partial charge in [0, 0.05) is 44.4 Å². The minimum absolute atomic E-state index is 0.425. The van der Waals surface area contributed by atoms with Crippen LogP contribution in [0.25, 0.3) is 0 Å². The molecule has 0 aliphatic heterocycles. The van der Waals surface area contributed by atoms with Gasteiger partial charge in [-0.3, -0.25) is 4.68 Å². The van der Waals surface area contributed by atoms with Crippen LogP contribution < -0.4 is 5.32 Å². The highest BCUT2D eigenvalue weighted by molar-refractivity contribution is 5.01. The average molecular weight is 233 g/mol. The van der Waals surface area contributed by atoms with Gasteiger partial charge in [-0.25, -0.2) is 0 Å². The van der Waals surface area contributed by atoms with Crippen LogP contribution in [0.5, 0.6) is 0 Å². The van der Waals surface area contributed by atoms with Crippen molar-refractivity contribution in [2.45, 2.75) is 25.8 Å². The van der Waals surface area contributed by atoms with Crippen LogP contribution in [0, 0.1) is 0 Å². The first-order valence-corrected chi connectivity index (χ1v) is 5.98. The van der Waals surface area contributed by atoms with Gasteiger partial charge in [0.25, 0.3) is 0 Å². The summed E-state index contributed by atoms with van der Waals surface area (Å²) in [6, 6.07) is 6.42. The normalized spacial score (nSPS) is 12.8. The van der Waals surface area contributed by atoms with Gasteiger partial charge in [-0.05, 0) is 25.1 Å². The molecule has 0 spiro atoms. The van der Waals surface area contributed by atoms with Gasteiger partial charge in [0.15, 0.2) is 0 Å². The number of nitrogens with zero attached hydrogens (tertiary/aromatic N) is 2. The maximum atomic E-state index is 5.32. The van der Waals surface area contributed by atoms with Crippen molar-refractivity contribution in [2.24, 2.45) is 7.05 Å². The maximum Gasteiger partial charge on any atom is 0.105 e. The minimum Gasteiger partial charge on any atom is -0.469 e. The zero-order chi connectivity index (χ0) is 12.1. The summed E-state index contributed by atoms with van der Waals surface area (Å²) >= 11 is 0. The molecule has 0 aliphatic rings. The third-order valence-electron chi connectivity index (χ3n) is 2.88. The van der Waals surface area contributed by atoms with Gasteiger partial charge in [0.05, 0.1) is 6.26 Å². The van der Waals surface area contributed by atoms with Crippen molar-refractivity contribution in [2.75, 3.05) is 6.54 Å². The molecule has 2 aromatic rings. The molecule has 17 heavy (non-hydrogen) atoms. The summed E-state index contributed by atoms with van der Waals surface area (Å²) in [5.74, 6) is 1.03. The molecule has 2 heterocycles. The lowest BCUT2D eigenvalue weighted by Crippen LogP contribution is -2.30. The lowest BCUT2D eigenvalue weighted by Gasteiger charge is -2.12. The Kier molecular flexibility index (Phi) is 3.98. The van der Waals surface area contributed by atoms with Gasteiger partial charge < -0.3 is 9.73 Å². The monoisotopic (exact) mass is 233 g/mol. The van der Waals surface area contributed by atoms with E-state index in [-0.39, 0.29) is 0 Å². The first-order chi connectivity index (χ1) is 8.25. The van der Waals surface area contributed by atoms with Gasteiger partial charge in [-0.15, -0.1) is 0 Å². The number of aromatic nitrogens is 2. The Morgan fingerprint density at radius 1 is 1.47 bits per heavy atom. The summed E-state index contributed by atoms with van der Waals surface area (Å²) in [6.07, 6.45) is 5.48. The third-order valence-corrected chi connectivity index (χ3v) is 2.88.